The van der Waals surface area contributed by atoms with Gasteiger partial charge in [-0.2, -0.15) is 8.78 Å². The van der Waals surface area contributed by atoms with Gasteiger partial charge in [-0.25, -0.2) is 4.39 Å². The molecule has 0 heterocycles. The lowest BCUT2D eigenvalue weighted by Crippen LogP contribution is -2.30. The number of carbonyl (C=O) groups excluding carboxylic acids is 1. The number of halogens is 3. The summed E-state index contributed by atoms with van der Waals surface area (Å²) in [4.78, 5) is 12.2. The van der Waals surface area contributed by atoms with Crippen LogP contribution in [0.5, 0.6) is 5.75 Å². The molecule has 0 saturated carbocycles. The van der Waals surface area contributed by atoms with Crippen LogP contribution >= 0.6 is 0 Å². The van der Waals surface area contributed by atoms with Gasteiger partial charge in [-0.3, -0.25) is 4.79 Å². The van der Waals surface area contributed by atoms with Gasteiger partial charge in [-0.15, -0.1) is 0 Å². The molecule has 2 rings (SSSR count). The minimum Gasteiger partial charge on any atom is -0.434 e. The standard InChI is InChI=1S/C18H18F3NO2/c1-2-15(14-5-3-4-6-16(14)24-18(20)21)22-17(23)11-12-7-9-13(19)10-8-12/h3-10,15,18H,2,11H2,1H3,(H,22,23)/t15-/m1/s1. The number of ether oxygens (including phenoxy) is 1. The Kier molecular flexibility index (Phi) is 6.23. The van der Waals surface area contributed by atoms with Gasteiger partial charge in [0.15, 0.2) is 0 Å². The van der Waals surface area contributed by atoms with Gasteiger partial charge in [0.1, 0.15) is 11.6 Å². The number of hydrogen-bond donors (Lipinski definition) is 1. The van der Waals surface area contributed by atoms with E-state index < -0.39 is 12.7 Å². The Labute approximate surface area is 138 Å². The van der Waals surface area contributed by atoms with Crippen molar-refractivity contribution in [2.45, 2.75) is 32.4 Å². The van der Waals surface area contributed by atoms with Gasteiger partial charge in [-0.05, 0) is 30.2 Å². The summed E-state index contributed by atoms with van der Waals surface area (Å²) in [6, 6.07) is 11.6. The van der Waals surface area contributed by atoms with E-state index in [2.05, 4.69) is 10.1 Å². The highest BCUT2D eigenvalue weighted by molar-refractivity contribution is 5.79. The molecule has 2 aromatic carbocycles. The fourth-order valence-corrected chi connectivity index (χ4v) is 2.40. The fourth-order valence-electron chi connectivity index (χ4n) is 2.40. The lowest BCUT2D eigenvalue weighted by Gasteiger charge is -2.20. The molecule has 1 atom stereocenters. The van der Waals surface area contributed by atoms with Crippen LogP contribution < -0.4 is 10.1 Å². The number of benzene rings is 2. The molecule has 0 fully saturated rings. The molecular weight excluding hydrogens is 319 g/mol. The molecule has 2 aromatic rings. The Morgan fingerprint density at radius 2 is 1.79 bits per heavy atom. The summed E-state index contributed by atoms with van der Waals surface area (Å²) in [6.45, 7) is -1.10. The van der Waals surface area contributed by atoms with Crippen molar-refractivity contribution in [2.24, 2.45) is 0 Å². The third-order valence-electron chi connectivity index (χ3n) is 3.53. The maximum atomic E-state index is 12.9. The fraction of sp³-hybridized carbons (Fsp3) is 0.278. The van der Waals surface area contributed by atoms with Crippen molar-refractivity contribution in [1.82, 2.24) is 5.32 Å². The van der Waals surface area contributed by atoms with Gasteiger partial charge in [0.2, 0.25) is 5.91 Å². The van der Waals surface area contributed by atoms with Crippen molar-refractivity contribution in [3.05, 3.63) is 65.5 Å². The monoisotopic (exact) mass is 337 g/mol. The lowest BCUT2D eigenvalue weighted by atomic mass is 10.0. The van der Waals surface area contributed by atoms with Crippen LogP contribution in [0.15, 0.2) is 48.5 Å². The SMILES string of the molecule is CC[C@@H](NC(=O)Cc1ccc(F)cc1)c1ccccc1OC(F)F. The van der Waals surface area contributed by atoms with Crippen LogP contribution in [0, 0.1) is 5.82 Å². The predicted octanol–water partition coefficient (Wildman–Crippen LogP) is 4.24. The van der Waals surface area contributed by atoms with Crippen molar-refractivity contribution < 1.29 is 22.7 Å². The highest BCUT2D eigenvalue weighted by Crippen LogP contribution is 2.28. The van der Waals surface area contributed by atoms with Crippen LogP contribution in [-0.2, 0) is 11.2 Å². The first-order chi connectivity index (χ1) is 11.5. The summed E-state index contributed by atoms with van der Waals surface area (Å²) < 4.78 is 42.4. The maximum Gasteiger partial charge on any atom is 0.387 e. The first-order valence-corrected chi connectivity index (χ1v) is 7.57. The van der Waals surface area contributed by atoms with E-state index >= 15 is 0 Å². The first kappa shape index (κ1) is 17.8. The second kappa shape index (κ2) is 8.38. The van der Waals surface area contributed by atoms with Gasteiger partial charge >= 0.3 is 6.61 Å². The maximum absolute atomic E-state index is 12.9. The summed E-state index contributed by atoms with van der Waals surface area (Å²) in [5.41, 5.74) is 1.16. The molecule has 0 bridgehead atoms. The third kappa shape index (κ3) is 5.01. The third-order valence-corrected chi connectivity index (χ3v) is 3.53. The van der Waals surface area contributed by atoms with Gasteiger partial charge in [-0.1, -0.05) is 37.3 Å². The Bertz CT molecular complexity index is 674. The molecule has 0 aliphatic rings. The van der Waals surface area contributed by atoms with E-state index in [0.717, 1.165) is 0 Å². The van der Waals surface area contributed by atoms with Crippen LogP contribution in [0.4, 0.5) is 13.2 Å². The van der Waals surface area contributed by atoms with Gasteiger partial charge in [0, 0.05) is 5.56 Å². The molecule has 0 spiro atoms. The van der Waals surface area contributed by atoms with E-state index in [0.29, 0.717) is 17.5 Å². The summed E-state index contributed by atoms with van der Waals surface area (Å²) >= 11 is 0. The van der Waals surface area contributed by atoms with Crippen molar-refractivity contribution >= 4 is 5.91 Å². The molecule has 0 aliphatic heterocycles. The van der Waals surface area contributed by atoms with Crippen LogP contribution in [0.3, 0.4) is 0 Å². The van der Waals surface area contributed by atoms with Crippen molar-refractivity contribution in [3.8, 4) is 5.75 Å². The molecular formula is C18H18F3NO2. The Morgan fingerprint density at radius 1 is 1.12 bits per heavy atom. The Morgan fingerprint density at radius 3 is 2.42 bits per heavy atom. The molecule has 0 radical (unpaired) electrons. The molecule has 1 amide bonds. The van der Waals surface area contributed by atoms with Gasteiger partial charge in [0.25, 0.3) is 0 Å². The zero-order valence-electron chi connectivity index (χ0n) is 13.1. The van der Waals surface area contributed by atoms with Crippen molar-refractivity contribution in [3.63, 3.8) is 0 Å². The number of nitrogens with one attached hydrogen (secondary N) is 1. The minimum absolute atomic E-state index is 0.0430. The zero-order valence-corrected chi connectivity index (χ0v) is 13.1. The number of carbonyl (C=O) groups is 1. The van der Waals surface area contributed by atoms with Gasteiger partial charge in [0.05, 0.1) is 12.5 Å². The average molecular weight is 337 g/mol. The second-order valence-electron chi connectivity index (χ2n) is 5.25. The number of rotatable bonds is 7. The van der Waals surface area contributed by atoms with Crippen LogP contribution in [-0.4, -0.2) is 12.5 Å². The molecule has 128 valence electrons. The summed E-state index contributed by atoms with van der Waals surface area (Å²) in [5, 5.41) is 2.80. The largest absolute Gasteiger partial charge is 0.434 e. The topological polar surface area (TPSA) is 38.3 Å². The van der Waals surface area contributed by atoms with E-state index in [4.69, 9.17) is 0 Å². The number of hydrogen-bond acceptors (Lipinski definition) is 2. The number of amides is 1. The molecule has 1 N–H and O–H groups in total. The van der Waals surface area contributed by atoms with E-state index in [-0.39, 0.29) is 23.9 Å². The molecule has 3 nitrogen and oxygen atoms in total. The number of alkyl halides is 2. The van der Waals surface area contributed by atoms with E-state index in [1.807, 2.05) is 6.92 Å². The van der Waals surface area contributed by atoms with Crippen LogP contribution in [0.2, 0.25) is 0 Å². The van der Waals surface area contributed by atoms with Crippen molar-refractivity contribution in [1.29, 1.82) is 0 Å². The molecule has 6 heteroatoms. The molecule has 0 unspecified atom stereocenters. The minimum atomic E-state index is -2.93. The zero-order chi connectivity index (χ0) is 17.5. The summed E-state index contributed by atoms with van der Waals surface area (Å²) in [5.74, 6) is -0.606. The number of para-hydroxylation sites is 1. The van der Waals surface area contributed by atoms with Crippen LogP contribution in [0.1, 0.15) is 30.5 Å². The molecule has 24 heavy (non-hydrogen) atoms. The Hall–Kier alpha value is -2.50. The summed E-state index contributed by atoms with van der Waals surface area (Å²) in [6.07, 6.45) is 0.591. The van der Waals surface area contributed by atoms with E-state index in [9.17, 15) is 18.0 Å². The van der Waals surface area contributed by atoms with Crippen LogP contribution in [0.25, 0.3) is 0 Å². The second-order valence-corrected chi connectivity index (χ2v) is 5.25. The quantitative estimate of drug-likeness (QED) is 0.821. The van der Waals surface area contributed by atoms with Gasteiger partial charge < -0.3 is 10.1 Å². The first-order valence-electron chi connectivity index (χ1n) is 7.57. The Balaban J connectivity index is 2.08. The van der Waals surface area contributed by atoms with E-state index in [1.165, 1.54) is 30.3 Å². The lowest BCUT2D eigenvalue weighted by molar-refractivity contribution is -0.121. The molecule has 0 aromatic heterocycles. The normalized spacial score (nSPS) is 12.0. The molecule has 0 aliphatic carbocycles. The molecule has 0 saturated heterocycles. The van der Waals surface area contributed by atoms with Crippen molar-refractivity contribution in [2.75, 3.05) is 0 Å². The highest BCUT2D eigenvalue weighted by Gasteiger charge is 2.18. The predicted molar refractivity (Wildman–Crippen MR) is 84.4 cm³/mol. The average Bonchev–Trinajstić information content (AvgIpc) is 2.55. The van der Waals surface area contributed by atoms with E-state index in [1.54, 1.807) is 18.2 Å². The highest BCUT2D eigenvalue weighted by atomic mass is 19.3. The smallest absolute Gasteiger partial charge is 0.387 e. The summed E-state index contributed by atoms with van der Waals surface area (Å²) in [7, 11) is 0.